The molecule has 0 aromatic carbocycles. The molecule has 0 radical (unpaired) electrons. The van der Waals surface area contributed by atoms with Gasteiger partial charge in [0, 0.05) is 18.2 Å². The molecule has 4 rings (SSSR count). The SMILES string of the molecule is OC[C@H]1O[C@@H](n2cc(Cl)c3c(-c4ccoc4)ncnc32)C[C@@H]1O. The predicted molar refractivity (Wildman–Crippen MR) is 81.9 cm³/mol. The van der Waals surface area contributed by atoms with Crippen LogP contribution in [0.2, 0.25) is 5.02 Å². The highest BCUT2D eigenvalue weighted by Gasteiger charge is 2.35. The monoisotopic (exact) mass is 335 g/mol. The normalized spacial score (nSPS) is 24.6. The lowest BCUT2D eigenvalue weighted by Gasteiger charge is -2.14. The lowest BCUT2D eigenvalue weighted by Crippen LogP contribution is -2.24. The molecule has 8 heteroatoms. The molecule has 1 aliphatic rings. The van der Waals surface area contributed by atoms with Gasteiger partial charge in [-0.3, -0.25) is 0 Å². The fourth-order valence-electron chi connectivity index (χ4n) is 2.93. The summed E-state index contributed by atoms with van der Waals surface area (Å²) in [6.07, 6.45) is 4.90. The van der Waals surface area contributed by atoms with Crippen molar-refractivity contribution < 1.29 is 19.4 Å². The number of furan rings is 1. The highest BCUT2D eigenvalue weighted by Crippen LogP contribution is 2.37. The Labute approximate surface area is 136 Å². The summed E-state index contributed by atoms with van der Waals surface area (Å²) in [4.78, 5) is 8.60. The van der Waals surface area contributed by atoms with Gasteiger partial charge in [-0.2, -0.15) is 0 Å². The van der Waals surface area contributed by atoms with Gasteiger partial charge in [-0.05, 0) is 6.07 Å². The molecule has 0 spiro atoms. The van der Waals surface area contributed by atoms with Crippen LogP contribution in [-0.2, 0) is 4.74 Å². The Hall–Kier alpha value is -1.93. The molecule has 1 fully saturated rings. The van der Waals surface area contributed by atoms with Crippen LogP contribution in [0.3, 0.4) is 0 Å². The maximum atomic E-state index is 9.93. The molecule has 3 atom stereocenters. The first kappa shape index (κ1) is 14.6. The van der Waals surface area contributed by atoms with Crippen LogP contribution >= 0.6 is 11.6 Å². The Morgan fingerprint density at radius 1 is 1.39 bits per heavy atom. The number of aliphatic hydroxyl groups excluding tert-OH is 2. The van der Waals surface area contributed by atoms with Crippen LogP contribution < -0.4 is 0 Å². The maximum absolute atomic E-state index is 9.93. The van der Waals surface area contributed by atoms with Gasteiger partial charge in [-0.15, -0.1) is 0 Å². The molecule has 1 saturated heterocycles. The van der Waals surface area contributed by atoms with E-state index in [1.165, 1.54) is 6.33 Å². The summed E-state index contributed by atoms with van der Waals surface area (Å²) in [7, 11) is 0. The van der Waals surface area contributed by atoms with Gasteiger partial charge in [0.2, 0.25) is 0 Å². The number of hydrogen-bond donors (Lipinski definition) is 2. The highest BCUT2D eigenvalue weighted by atomic mass is 35.5. The molecule has 0 amide bonds. The summed E-state index contributed by atoms with van der Waals surface area (Å²) in [6, 6.07) is 1.80. The van der Waals surface area contributed by atoms with Crippen LogP contribution in [-0.4, -0.2) is 43.6 Å². The maximum Gasteiger partial charge on any atom is 0.147 e. The van der Waals surface area contributed by atoms with E-state index >= 15 is 0 Å². The van der Waals surface area contributed by atoms with Crippen LogP contribution in [0.25, 0.3) is 22.3 Å². The zero-order chi connectivity index (χ0) is 16.0. The minimum atomic E-state index is -0.726. The van der Waals surface area contributed by atoms with Gasteiger partial charge >= 0.3 is 0 Å². The lowest BCUT2D eigenvalue weighted by molar-refractivity contribution is -0.0430. The molecule has 7 nitrogen and oxygen atoms in total. The summed E-state index contributed by atoms with van der Waals surface area (Å²) < 4.78 is 12.6. The Balaban J connectivity index is 1.83. The number of aromatic nitrogens is 3. The van der Waals surface area contributed by atoms with Crippen molar-refractivity contribution >= 4 is 22.6 Å². The van der Waals surface area contributed by atoms with Gasteiger partial charge in [-0.25, -0.2) is 9.97 Å². The van der Waals surface area contributed by atoms with E-state index in [4.69, 9.17) is 20.8 Å². The average molecular weight is 336 g/mol. The molecule has 4 heterocycles. The molecule has 23 heavy (non-hydrogen) atoms. The van der Waals surface area contributed by atoms with Gasteiger partial charge < -0.3 is 23.9 Å². The van der Waals surface area contributed by atoms with E-state index in [-0.39, 0.29) is 6.61 Å². The van der Waals surface area contributed by atoms with Crippen LogP contribution in [0.15, 0.2) is 35.5 Å². The minimum absolute atomic E-state index is 0.236. The molecule has 0 saturated carbocycles. The predicted octanol–water partition coefficient (Wildman–Crippen LogP) is 1.99. The van der Waals surface area contributed by atoms with Crippen LogP contribution in [0.5, 0.6) is 0 Å². The van der Waals surface area contributed by atoms with Crippen molar-refractivity contribution in [3.05, 3.63) is 36.1 Å². The van der Waals surface area contributed by atoms with Crippen LogP contribution in [0, 0.1) is 0 Å². The van der Waals surface area contributed by atoms with Gasteiger partial charge in [0.05, 0.1) is 41.3 Å². The third-order valence-corrected chi connectivity index (χ3v) is 4.34. The first-order valence-electron chi connectivity index (χ1n) is 7.17. The molecule has 0 bridgehead atoms. The number of rotatable bonds is 3. The van der Waals surface area contributed by atoms with E-state index < -0.39 is 18.4 Å². The molecule has 120 valence electrons. The minimum Gasteiger partial charge on any atom is -0.472 e. The van der Waals surface area contributed by atoms with Crippen molar-refractivity contribution in [2.24, 2.45) is 0 Å². The summed E-state index contributed by atoms with van der Waals surface area (Å²) in [5.41, 5.74) is 2.08. The summed E-state index contributed by atoms with van der Waals surface area (Å²) >= 11 is 6.39. The van der Waals surface area contributed by atoms with E-state index in [1.54, 1.807) is 29.4 Å². The molecular weight excluding hydrogens is 322 g/mol. The summed E-state index contributed by atoms with van der Waals surface area (Å²) in [5, 5.41) is 20.3. The van der Waals surface area contributed by atoms with Crippen molar-refractivity contribution in [3.8, 4) is 11.3 Å². The van der Waals surface area contributed by atoms with Crippen molar-refractivity contribution in [1.82, 2.24) is 14.5 Å². The topological polar surface area (TPSA) is 93.5 Å². The zero-order valence-corrected chi connectivity index (χ0v) is 12.7. The molecule has 0 unspecified atom stereocenters. The average Bonchev–Trinajstić information content (AvgIpc) is 3.26. The number of halogens is 1. The fraction of sp³-hybridized carbons (Fsp3) is 0.333. The quantitative estimate of drug-likeness (QED) is 0.760. The van der Waals surface area contributed by atoms with Gasteiger partial charge in [0.25, 0.3) is 0 Å². The number of fused-ring (bicyclic) bond motifs is 1. The number of hydrogen-bond acceptors (Lipinski definition) is 6. The van der Waals surface area contributed by atoms with E-state index in [2.05, 4.69) is 9.97 Å². The lowest BCUT2D eigenvalue weighted by atomic mass is 10.2. The number of nitrogens with zero attached hydrogens (tertiary/aromatic N) is 3. The molecule has 3 aromatic heterocycles. The summed E-state index contributed by atoms with van der Waals surface area (Å²) in [5.74, 6) is 0. The smallest absolute Gasteiger partial charge is 0.147 e. The van der Waals surface area contributed by atoms with Gasteiger partial charge in [0.15, 0.2) is 0 Å². The van der Waals surface area contributed by atoms with Crippen molar-refractivity contribution in [1.29, 1.82) is 0 Å². The largest absolute Gasteiger partial charge is 0.472 e. The van der Waals surface area contributed by atoms with Gasteiger partial charge in [-0.1, -0.05) is 11.6 Å². The first-order chi connectivity index (χ1) is 11.2. The van der Waals surface area contributed by atoms with Gasteiger partial charge in [0.1, 0.15) is 24.3 Å². The van der Waals surface area contributed by atoms with E-state index in [0.29, 0.717) is 28.2 Å². The number of aliphatic hydroxyl groups is 2. The van der Waals surface area contributed by atoms with Crippen molar-refractivity contribution in [2.75, 3.05) is 6.61 Å². The van der Waals surface area contributed by atoms with Crippen LogP contribution in [0.1, 0.15) is 12.6 Å². The third kappa shape index (κ3) is 2.33. The Bertz CT molecular complexity index is 833. The highest BCUT2D eigenvalue weighted by molar-refractivity contribution is 6.36. The van der Waals surface area contributed by atoms with E-state index in [0.717, 1.165) is 5.56 Å². The van der Waals surface area contributed by atoms with E-state index in [1.807, 2.05) is 0 Å². The molecule has 1 aliphatic heterocycles. The molecule has 2 N–H and O–H groups in total. The van der Waals surface area contributed by atoms with Crippen LogP contribution in [0.4, 0.5) is 0 Å². The second-order valence-electron chi connectivity index (χ2n) is 5.43. The standard InChI is InChI=1S/C15H14ClN3O4/c16-9-4-19(12-3-10(21)11(5-20)23-12)15-13(9)14(17-7-18-15)8-1-2-22-6-8/h1-2,4,6-7,10-12,20-21H,3,5H2/t10-,11+,12+/m0/s1. The zero-order valence-electron chi connectivity index (χ0n) is 12.0. The molecular formula is C15H14ClN3O4. The first-order valence-corrected chi connectivity index (χ1v) is 7.55. The van der Waals surface area contributed by atoms with Crippen molar-refractivity contribution in [2.45, 2.75) is 24.9 Å². The molecule has 3 aromatic rings. The molecule has 0 aliphatic carbocycles. The van der Waals surface area contributed by atoms with Crippen molar-refractivity contribution in [3.63, 3.8) is 0 Å². The summed E-state index contributed by atoms with van der Waals surface area (Å²) in [6.45, 7) is -0.236. The second-order valence-corrected chi connectivity index (χ2v) is 5.84. The van der Waals surface area contributed by atoms with E-state index in [9.17, 15) is 10.2 Å². The second kappa shape index (κ2) is 5.61. The Morgan fingerprint density at radius 2 is 2.26 bits per heavy atom. The third-order valence-electron chi connectivity index (χ3n) is 4.05. The Kier molecular flexibility index (Phi) is 3.57. The number of ether oxygens (including phenoxy) is 1. The Morgan fingerprint density at radius 3 is 2.96 bits per heavy atom. The fourth-order valence-corrected chi connectivity index (χ4v) is 3.21.